The van der Waals surface area contributed by atoms with Gasteiger partial charge in [0.05, 0.1) is 5.41 Å². The van der Waals surface area contributed by atoms with Crippen molar-refractivity contribution >= 4 is 11.6 Å². The van der Waals surface area contributed by atoms with Crippen LogP contribution in [0.2, 0.25) is 0 Å². The van der Waals surface area contributed by atoms with Crippen LogP contribution in [0.4, 0.5) is 0 Å². The molecule has 4 nitrogen and oxygen atoms in total. The van der Waals surface area contributed by atoms with Gasteiger partial charge >= 0.3 is 0 Å². The maximum Gasteiger partial charge on any atom is 0.231 e. The molecule has 31 heavy (non-hydrogen) atoms. The van der Waals surface area contributed by atoms with Crippen molar-refractivity contribution in [2.24, 2.45) is 0 Å². The van der Waals surface area contributed by atoms with Gasteiger partial charge in [-0.15, -0.1) is 0 Å². The lowest BCUT2D eigenvalue weighted by molar-refractivity contribution is -0.120. The second-order valence-corrected chi connectivity index (χ2v) is 8.48. The average Bonchev–Trinajstić information content (AvgIpc) is 3.46. The van der Waals surface area contributed by atoms with Crippen molar-refractivity contribution in [3.63, 3.8) is 0 Å². The molecule has 0 aromatic heterocycles. The SMILES string of the molecule is CC(=O)c1cccc(-c2cccc(CC(=O)C3(c4ccc5c(c4)OCO5)CC3)c2C)c1. The molecular formula is C27H24O4. The van der Waals surface area contributed by atoms with Crippen LogP contribution in [0, 0.1) is 6.92 Å². The van der Waals surface area contributed by atoms with Crippen molar-refractivity contribution < 1.29 is 19.1 Å². The van der Waals surface area contributed by atoms with Gasteiger partial charge in [0.15, 0.2) is 17.3 Å². The lowest BCUT2D eigenvalue weighted by Gasteiger charge is -2.17. The van der Waals surface area contributed by atoms with Gasteiger partial charge in [-0.2, -0.15) is 0 Å². The third kappa shape index (κ3) is 3.42. The van der Waals surface area contributed by atoms with Gasteiger partial charge < -0.3 is 9.47 Å². The average molecular weight is 412 g/mol. The summed E-state index contributed by atoms with van der Waals surface area (Å²) in [5.74, 6) is 1.75. The number of carbonyl (C=O) groups is 2. The van der Waals surface area contributed by atoms with Crippen LogP contribution >= 0.6 is 0 Å². The van der Waals surface area contributed by atoms with Gasteiger partial charge in [-0.05, 0) is 72.7 Å². The van der Waals surface area contributed by atoms with Gasteiger partial charge in [0.25, 0.3) is 0 Å². The maximum absolute atomic E-state index is 13.4. The van der Waals surface area contributed by atoms with Crippen molar-refractivity contribution in [3.8, 4) is 22.6 Å². The first kappa shape index (κ1) is 19.6. The van der Waals surface area contributed by atoms with Crippen molar-refractivity contribution in [1.82, 2.24) is 0 Å². The lowest BCUT2D eigenvalue weighted by atomic mass is 9.85. The highest BCUT2D eigenvalue weighted by Gasteiger charge is 2.50. The van der Waals surface area contributed by atoms with Crippen LogP contribution in [-0.2, 0) is 16.6 Å². The number of hydrogen-bond acceptors (Lipinski definition) is 4. The number of carbonyl (C=O) groups excluding carboxylic acids is 2. The minimum absolute atomic E-state index is 0.0465. The van der Waals surface area contributed by atoms with E-state index in [1.807, 2.05) is 60.7 Å². The van der Waals surface area contributed by atoms with E-state index >= 15 is 0 Å². The molecular weight excluding hydrogens is 388 g/mol. The fourth-order valence-electron chi connectivity index (χ4n) is 4.48. The van der Waals surface area contributed by atoms with E-state index in [9.17, 15) is 9.59 Å². The predicted octanol–water partition coefficient (Wildman–Crippen LogP) is 5.44. The highest BCUT2D eigenvalue weighted by Crippen LogP contribution is 2.51. The Morgan fingerprint density at radius 3 is 2.48 bits per heavy atom. The Bertz CT molecular complexity index is 1200. The van der Waals surface area contributed by atoms with Crippen LogP contribution in [0.3, 0.4) is 0 Å². The van der Waals surface area contributed by atoms with Gasteiger partial charge in [-0.25, -0.2) is 0 Å². The summed E-state index contributed by atoms with van der Waals surface area (Å²) in [5.41, 5.74) is 5.46. The van der Waals surface area contributed by atoms with E-state index in [0.717, 1.165) is 52.2 Å². The quantitative estimate of drug-likeness (QED) is 0.506. The van der Waals surface area contributed by atoms with Crippen LogP contribution in [-0.4, -0.2) is 18.4 Å². The summed E-state index contributed by atoms with van der Waals surface area (Å²) in [7, 11) is 0. The summed E-state index contributed by atoms with van der Waals surface area (Å²) in [5, 5.41) is 0. The molecule has 0 unspecified atom stereocenters. The summed E-state index contributed by atoms with van der Waals surface area (Å²) >= 11 is 0. The normalized spacial score (nSPS) is 15.5. The van der Waals surface area contributed by atoms with Gasteiger partial charge in [-0.3, -0.25) is 9.59 Å². The lowest BCUT2D eigenvalue weighted by Crippen LogP contribution is -2.23. The monoisotopic (exact) mass is 412 g/mol. The standard InChI is InChI=1S/C27H24O4/c1-17-19(5-4-8-23(17)21-7-3-6-20(13-21)18(2)28)14-26(29)27(11-12-27)22-9-10-24-25(15-22)31-16-30-24/h3-10,13,15H,11-12,14,16H2,1-2H3. The Hall–Kier alpha value is -3.40. The summed E-state index contributed by atoms with van der Waals surface area (Å²) in [4.78, 5) is 25.2. The summed E-state index contributed by atoms with van der Waals surface area (Å²) in [6.45, 7) is 3.86. The molecule has 0 spiro atoms. The first-order valence-electron chi connectivity index (χ1n) is 10.6. The van der Waals surface area contributed by atoms with Crippen molar-refractivity contribution in [1.29, 1.82) is 0 Å². The molecule has 3 aromatic carbocycles. The van der Waals surface area contributed by atoms with Crippen LogP contribution in [0.5, 0.6) is 11.5 Å². The molecule has 4 heteroatoms. The second-order valence-electron chi connectivity index (χ2n) is 8.48. The number of Topliss-reactive ketones (excluding diaryl/α,β-unsaturated/α-hetero) is 2. The predicted molar refractivity (Wildman–Crippen MR) is 119 cm³/mol. The Labute approximate surface area is 181 Å². The first-order valence-corrected chi connectivity index (χ1v) is 10.6. The zero-order valence-corrected chi connectivity index (χ0v) is 17.7. The van der Waals surface area contributed by atoms with Crippen molar-refractivity contribution in [3.05, 3.63) is 82.9 Å². The topological polar surface area (TPSA) is 52.6 Å². The van der Waals surface area contributed by atoms with E-state index < -0.39 is 5.41 Å². The second kappa shape index (κ2) is 7.38. The molecule has 1 saturated carbocycles. The van der Waals surface area contributed by atoms with Gasteiger partial charge in [-0.1, -0.05) is 42.5 Å². The van der Waals surface area contributed by atoms with E-state index in [4.69, 9.17) is 9.47 Å². The Morgan fingerprint density at radius 1 is 0.935 bits per heavy atom. The molecule has 0 amide bonds. The van der Waals surface area contributed by atoms with Crippen LogP contribution in [0.1, 0.15) is 46.8 Å². The van der Waals surface area contributed by atoms with Gasteiger partial charge in [0.2, 0.25) is 6.79 Å². The molecule has 156 valence electrons. The Balaban J connectivity index is 1.43. The third-order valence-corrected chi connectivity index (χ3v) is 6.59. The molecule has 1 fully saturated rings. The summed E-state index contributed by atoms with van der Waals surface area (Å²) in [6, 6.07) is 19.6. The largest absolute Gasteiger partial charge is 0.454 e. The van der Waals surface area contributed by atoms with E-state index in [-0.39, 0.29) is 18.4 Å². The smallest absolute Gasteiger partial charge is 0.231 e. The van der Waals surface area contributed by atoms with Crippen molar-refractivity contribution in [2.75, 3.05) is 6.79 Å². The fourth-order valence-corrected chi connectivity index (χ4v) is 4.48. The molecule has 0 atom stereocenters. The number of hydrogen-bond donors (Lipinski definition) is 0. The highest BCUT2D eigenvalue weighted by atomic mass is 16.7. The van der Waals surface area contributed by atoms with E-state index in [1.54, 1.807) is 6.92 Å². The molecule has 0 bridgehead atoms. The van der Waals surface area contributed by atoms with E-state index in [1.165, 1.54) is 0 Å². The summed E-state index contributed by atoms with van der Waals surface area (Å²) < 4.78 is 10.9. The molecule has 1 aliphatic carbocycles. The summed E-state index contributed by atoms with van der Waals surface area (Å²) in [6.07, 6.45) is 2.12. The first-order chi connectivity index (χ1) is 15.0. The molecule has 0 N–H and O–H groups in total. The molecule has 3 aromatic rings. The Kier molecular flexibility index (Phi) is 4.66. The van der Waals surface area contributed by atoms with E-state index in [2.05, 4.69) is 6.92 Å². The minimum atomic E-state index is -0.419. The van der Waals surface area contributed by atoms with Gasteiger partial charge in [0.1, 0.15) is 5.78 Å². The number of ketones is 2. The van der Waals surface area contributed by atoms with Crippen molar-refractivity contribution in [2.45, 2.75) is 38.5 Å². The molecule has 2 aliphatic rings. The molecule has 1 heterocycles. The molecule has 0 radical (unpaired) electrons. The van der Waals surface area contributed by atoms with E-state index in [0.29, 0.717) is 12.0 Å². The number of ether oxygens (including phenoxy) is 2. The van der Waals surface area contributed by atoms with Crippen LogP contribution < -0.4 is 9.47 Å². The zero-order valence-electron chi connectivity index (χ0n) is 17.7. The van der Waals surface area contributed by atoms with Crippen LogP contribution in [0.25, 0.3) is 11.1 Å². The number of fused-ring (bicyclic) bond motifs is 1. The Morgan fingerprint density at radius 2 is 1.71 bits per heavy atom. The zero-order chi connectivity index (χ0) is 21.6. The highest BCUT2D eigenvalue weighted by molar-refractivity contribution is 5.96. The molecule has 1 aliphatic heterocycles. The molecule has 5 rings (SSSR count). The number of rotatable bonds is 6. The number of benzene rings is 3. The molecule has 0 saturated heterocycles. The third-order valence-electron chi connectivity index (χ3n) is 6.59. The maximum atomic E-state index is 13.4. The minimum Gasteiger partial charge on any atom is -0.454 e. The van der Waals surface area contributed by atoms with Gasteiger partial charge in [0, 0.05) is 12.0 Å². The fraction of sp³-hybridized carbons (Fsp3) is 0.259. The van der Waals surface area contributed by atoms with Crippen LogP contribution in [0.15, 0.2) is 60.7 Å².